The number of carbonyl (C=O) groups is 1. The zero-order chi connectivity index (χ0) is 17.6. The van der Waals surface area contributed by atoms with Gasteiger partial charge in [0.05, 0.1) is 7.11 Å². The molecule has 0 saturated heterocycles. The van der Waals surface area contributed by atoms with E-state index in [1.807, 2.05) is 18.2 Å². The van der Waals surface area contributed by atoms with Crippen molar-refractivity contribution in [2.75, 3.05) is 7.11 Å². The van der Waals surface area contributed by atoms with Crippen LogP contribution in [0.15, 0.2) is 54.6 Å². The highest BCUT2D eigenvalue weighted by Gasteiger charge is 2.56. The molecule has 0 bridgehead atoms. The van der Waals surface area contributed by atoms with E-state index in [0.29, 0.717) is 13.0 Å². The maximum atomic E-state index is 9.96. The second-order valence-corrected chi connectivity index (χ2v) is 6.70. The molecular formula is C22H26O3. The number of esters is 1. The predicted molar refractivity (Wildman–Crippen MR) is 98.5 cm³/mol. The molecule has 0 N–H and O–H groups in total. The number of ether oxygens (including phenoxy) is 2. The van der Waals surface area contributed by atoms with Gasteiger partial charge in [-0.3, -0.25) is 4.79 Å². The summed E-state index contributed by atoms with van der Waals surface area (Å²) in [6.45, 7) is 2.40. The molecule has 0 radical (unpaired) electrons. The Morgan fingerprint density at radius 1 is 1.00 bits per heavy atom. The number of carbonyl (C=O) groups excluding carboxylic acids is 1. The van der Waals surface area contributed by atoms with Crippen molar-refractivity contribution in [3.8, 4) is 5.75 Å². The van der Waals surface area contributed by atoms with Crippen molar-refractivity contribution < 1.29 is 14.3 Å². The first-order chi connectivity index (χ1) is 12.2. The van der Waals surface area contributed by atoms with Crippen molar-refractivity contribution in [1.29, 1.82) is 0 Å². The second-order valence-electron chi connectivity index (χ2n) is 6.70. The minimum Gasteiger partial charge on any atom is -0.489 e. The van der Waals surface area contributed by atoms with Crippen LogP contribution in [0, 0.1) is 11.8 Å². The molecule has 25 heavy (non-hydrogen) atoms. The molecule has 2 aliphatic rings. The number of rotatable bonds is 5. The first kappa shape index (κ1) is 17.5. The van der Waals surface area contributed by atoms with E-state index in [-0.39, 0.29) is 5.97 Å². The van der Waals surface area contributed by atoms with Crippen LogP contribution in [0.4, 0.5) is 0 Å². The molecule has 2 saturated carbocycles. The molecule has 2 aromatic carbocycles. The van der Waals surface area contributed by atoms with E-state index in [4.69, 9.17) is 4.74 Å². The van der Waals surface area contributed by atoms with E-state index in [1.54, 1.807) is 6.92 Å². The van der Waals surface area contributed by atoms with E-state index < -0.39 is 0 Å². The third-order valence-corrected chi connectivity index (χ3v) is 5.19. The lowest BCUT2D eigenvalue weighted by atomic mass is 10.0. The van der Waals surface area contributed by atoms with Crippen molar-refractivity contribution in [3.05, 3.63) is 65.7 Å². The van der Waals surface area contributed by atoms with Crippen LogP contribution in [0.1, 0.15) is 43.2 Å². The Labute approximate surface area is 150 Å². The van der Waals surface area contributed by atoms with Crippen molar-refractivity contribution in [3.63, 3.8) is 0 Å². The summed E-state index contributed by atoms with van der Waals surface area (Å²) in [7, 11) is 1.38. The third kappa shape index (κ3) is 4.41. The number of hydrogen-bond acceptors (Lipinski definition) is 3. The number of fused-ring (bicyclic) bond motifs is 1. The summed E-state index contributed by atoms with van der Waals surface area (Å²) in [5.41, 5.74) is 2.73. The smallest absolute Gasteiger partial charge is 0.305 e. The van der Waals surface area contributed by atoms with Gasteiger partial charge < -0.3 is 9.47 Å². The normalized spacial score (nSPS) is 22.6. The Kier molecular flexibility index (Phi) is 5.75. The molecule has 2 aromatic rings. The van der Waals surface area contributed by atoms with Gasteiger partial charge >= 0.3 is 5.97 Å². The Balaban J connectivity index is 0.000000265. The molecule has 3 heteroatoms. The van der Waals surface area contributed by atoms with Crippen molar-refractivity contribution in [1.82, 2.24) is 0 Å². The average molecular weight is 338 g/mol. The fourth-order valence-corrected chi connectivity index (χ4v) is 3.52. The molecule has 0 spiro atoms. The molecule has 0 heterocycles. The van der Waals surface area contributed by atoms with Gasteiger partial charge in [-0.15, -0.1) is 0 Å². The SMILES string of the molecule is CCC(=O)OC.c1ccc(COc2ccc(C3C4CCC43)cc2)cc1. The molecule has 2 aliphatic carbocycles. The molecular weight excluding hydrogens is 312 g/mol. The van der Waals surface area contributed by atoms with E-state index in [9.17, 15) is 4.79 Å². The van der Waals surface area contributed by atoms with Crippen LogP contribution in [-0.2, 0) is 16.1 Å². The van der Waals surface area contributed by atoms with Crippen LogP contribution < -0.4 is 4.74 Å². The molecule has 2 unspecified atom stereocenters. The standard InChI is InChI=1S/C18H18O.C4H8O2/c1-2-4-13(5-3-1)12-19-15-8-6-14(7-9-15)18-16-10-11-17(16)18;1-3-4(5)6-2/h1-9,16-18H,10-12H2;3H2,1-2H3. The Bertz CT molecular complexity index is 662. The van der Waals surface area contributed by atoms with Crippen LogP contribution in [-0.4, -0.2) is 13.1 Å². The third-order valence-electron chi connectivity index (χ3n) is 5.19. The molecule has 2 fully saturated rings. The number of methoxy groups -OCH3 is 1. The largest absolute Gasteiger partial charge is 0.489 e. The van der Waals surface area contributed by atoms with Gasteiger partial charge in [-0.1, -0.05) is 49.4 Å². The zero-order valence-corrected chi connectivity index (χ0v) is 15.0. The van der Waals surface area contributed by atoms with Crippen molar-refractivity contribution in [2.45, 2.75) is 38.7 Å². The summed E-state index contributed by atoms with van der Waals surface area (Å²) in [5, 5.41) is 0. The monoisotopic (exact) mass is 338 g/mol. The van der Waals surface area contributed by atoms with Gasteiger partial charge in [0.1, 0.15) is 12.4 Å². The Morgan fingerprint density at radius 2 is 1.64 bits per heavy atom. The van der Waals surface area contributed by atoms with Crippen LogP contribution in [0.5, 0.6) is 5.75 Å². The number of hydrogen-bond donors (Lipinski definition) is 0. The topological polar surface area (TPSA) is 35.5 Å². The lowest BCUT2D eigenvalue weighted by Crippen LogP contribution is -1.95. The van der Waals surface area contributed by atoms with Gasteiger partial charge in [-0.25, -0.2) is 0 Å². The van der Waals surface area contributed by atoms with Gasteiger partial charge in [0.25, 0.3) is 0 Å². The minimum absolute atomic E-state index is 0.157. The predicted octanol–water partition coefficient (Wildman–Crippen LogP) is 4.96. The van der Waals surface area contributed by atoms with Gasteiger partial charge in [0.2, 0.25) is 0 Å². The Morgan fingerprint density at radius 3 is 2.12 bits per heavy atom. The van der Waals surface area contributed by atoms with E-state index >= 15 is 0 Å². The first-order valence-corrected chi connectivity index (χ1v) is 9.06. The van der Waals surface area contributed by atoms with Gasteiger partial charge in [0, 0.05) is 6.42 Å². The maximum absolute atomic E-state index is 9.96. The molecule has 4 rings (SSSR count). The molecule has 0 aliphatic heterocycles. The molecule has 132 valence electrons. The highest BCUT2D eigenvalue weighted by atomic mass is 16.5. The molecule has 3 nitrogen and oxygen atoms in total. The Hall–Kier alpha value is -2.29. The summed E-state index contributed by atoms with van der Waals surface area (Å²) in [5.74, 6) is 3.70. The lowest BCUT2D eigenvalue weighted by Gasteiger charge is -2.07. The fourth-order valence-electron chi connectivity index (χ4n) is 3.52. The highest BCUT2D eigenvalue weighted by molar-refractivity contribution is 5.68. The first-order valence-electron chi connectivity index (χ1n) is 9.06. The minimum atomic E-state index is -0.157. The maximum Gasteiger partial charge on any atom is 0.305 e. The van der Waals surface area contributed by atoms with E-state index in [0.717, 1.165) is 23.5 Å². The van der Waals surface area contributed by atoms with Gasteiger partial charge in [-0.2, -0.15) is 0 Å². The quantitative estimate of drug-likeness (QED) is 0.723. The molecule has 0 aromatic heterocycles. The van der Waals surface area contributed by atoms with Crippen molar-refractivity contribution >= 4 is 5.97 Å². The van der Waals surface area contributed by atoms with E-state index in [2.05, 4.69) is 41.1 Å². The van der Waals surface area contributed by atoms with Gasteiger partial charge in [-0.05, 0) is 53.9 Å². The summed E-state index contributed by atoms with van der Waals surface area (Å²) in [6, 6.07) is 19.1. The molecule has 2 atom stereocenters. The average Bonchev–Trinajstić information content (AvgIpc) is 3.20. The summed E-state index contributed by atoms with van der Waals surface area (Å²) in [6.07, 6.45) is 3.36. The molecule has 0 amide bonds. The van der Waals surface area contributed by atoms with Crippen LogP contribution >= 0.6 is 0 Å². The second kappa shape index (κ2) is 8.19. The summed E-state index contributed by atoms with van der Waals surface area (Å²) in [4.78, 5) is 9.96. The van der Waals surface area contributed by atoms with Crippen molar-refractivity contribution in [2.24, 2.45) is 11.8 Å². The zero-order valence-electron chi connectivity index (χ0n) is 15.0. The summed E-state index contributed by atoms with van der Waals surface area (Å²) < 4.78 is 10.1. The highest BCUT2D eigenvalue weighted by Crippen LogP contribution is 2.66. The van der Waals surface area contributed by atoms with Gasteiger partial charge in [0.15, 0.2) is 0 Å². The number of benzene rings is 2. The van der Waals surface area contributed by atoms with Crippen LogP contribution in [0.3, 0.4) is 0 Å². The summed E-state index contributed by atoms with van der Waals surface area (Å²) >= 11 is 0. The lowest BCUT2D eigenvalue weighted by molar-refractivity contribution is -0.140. The fraction of sp³-hybridized carbons (Fsp3) is 0.409. The van der Waals surface area contributed by atoms with Crippen LogP contribution in [0.25, 0.3) is 0 Å². The van der Waals surface area contributed by atoms with Crippen LogP contribution in [0.2, 0.25) is 0 Å². The van der Waals surface area contributed by atoms with E-state index in [1.165, 1.54) is 31.1 Å².